The summed E-state index contributed by atoms with van der Waals surface area (Å²) in [6.45, 7) is 6.99. The summed E-state index contributed by atoms with van der Waals surface area (Å²) in [7, 11) is 0. The average molecular weight is 281 g/mol. The summed E-state index contributed by atoms with van der Waals surface area (Å²) >= 11 is 0. The molecule has 0 aromatic heterocycles. The van der Waals surface area contributed by atoms with Crippen LogP contribution in [0.2, 0.25) is 6.82 Å². The van der Waals surface area contributed by atoms with Crippen molar-refractivity contribution in [2.24, 2.45) is 5.73 Å². The highest BCUT2D eigenvalue weighted by Crippen LogP contribution is 2.28. The molecule has 3 nitrogen and oxygen atoms in total. The van der Waals surface area contributed by atoms with Gasteiger partial charge in [-0.2, -0.15) is 0 Å². The van der Waals surface area contributed by atoms with Crippen LogP contribution >= 0.6 is 0 Å². The summed E-state index contributed by atoms with van der Waals surface area (Å²) < 4.78 is 11.7. The van der Waals surface area contributed by atoms with Crippen LogP contribution in [0.25, 0.3) is 0 Å². The molecule has 2 aromatic carbocycles. The lowest BCUT2D eigenvalue weighted by Crippen LogP contribution is -2.27. The first-order chi connectivity index (χ1) is 10.1. The predicted molar refractivity (Wildman–Crippen MR) is 86.3 cm³/mol. The van der Waals surface area contributed by atoms with Crippen molar-refractivity contribution >= 4 is 12.4 Å². The van der Waals surface area contributed by atoms with E-state index in [1.807, 2.05) is 37.3 Å². The van der Waals surface area contributed by atoms with Gasteiger partial charge >= 0.3 is 6.92 Å². The van der Waals surface area contributed by atoms with Crippen LogP contribution in [-0.4, -0.2) is 6.92 Å². The fourth-order valence-electron chi connectivity index (χ4n) is 2.83. The lowest BCUT2D eigenvalue weighted by molar-refractivity contribution is 0.333. The largest absolute Gasteiger partial charge is 0.457 e. The molecule has 108 valence electrons. The van der Waals surface area contributed by atoms with Crippen LogP contribution in [-0.2, 0) is 11.3 Å². The fourth-order valence-corrected chi connectivity index (χ4v) is 2.83. The van der Waals surface area contributed by atoms with Gasteiger partial charge in [0.25, 0.3) is 0 Å². The van der Waals surface area contributed by atoms with Crippen LogP contribution in [0, 0.1) is 6.92 Å². The number of hydrogen-bond acceptors (Lipinski definition) is 3. The fraction of sp³-hybridized carbons (Fsp3) is 0.294. The maximum Gasteiger partial charge on any atom is 0.324 e. The average Bonchev–Trinajstić information content (AvgIpc) is 2.85. The Bertz CT molecular complexity index is 653. The van der Waals surface area contributed by atoms with Crippen LogP contribution in [0.15, 0.2) is 36.4 Å². The predicted octanol–water partition coefficient (Wildman–Crippen LogP) is 3.17. The molecule has 2 N–H and O–H groups in total. The van der Waals surface area contributed by atoms with E-state index in [2.05, 4.69) is 19.8 Å². The normalized spacial score (nSPS) is 15.0. The first-order valence-electron chi connectivity index (χ1n) is 7.33. The van der Waals surface area contributed by atoms with Gasteiger partial charge in [-0.3, -0.25) is 0 Å². The van der Waals surface area contributed by atoms with Gasteiger partial charge < -0.3 is 15.1 Å². The second kappa shape index (κ2) is 5.55. The third-order valence-electron chi connectivity index (χ3n) is 4.08. The van der Waals surface area contributed by atoms with Gasteiger partial charge in [-0.25, -0.2) is 0 Å². The van der Waals surface area contributed by atoms with Crippen LogP contribution in [0.4, 0.5) is 0 Å². The highest BCUT2D eigenvalue weighted by atomic mass is 16.5. The first-order valence-corrected chi connectivity index (χ1v) is 7.33. The number of hydrogen-bond donors (Lipinski definition) is 1. The van der Waals surface area contributed by atoms with Gasteiger partial charge in [-0.1, -0.05) is 25.0 Å². The van der Waals surface area contributed by atoms with Gasteiger partial charge in [-0.05, 0) is 54.2 Å². The molecule has 0 spiro atoms. The minimum absolute atomic E-state index is 0.0405. The van der Waals surface area contributed by atoms with Gasteiger partial charge in [0.2, 0.25) is 0 Å². The van der Waals surface area contributed by atoms with Gasteiger partial charge in [0.05, 0.1) is 6.61 Å². The Hall–Kier alpha value is -1.78. The second-order valence-electron chi connectivity index (χ2n) is 5.67. The van der Waals surface area contributed by atoms with Crippen molar-refractivity contribution in [3.63, 3.8) is 0 Å². The Morgan fingerprint density at radius 3 is 2.57 bits per heavy atom. The summed E-state index contributed by atoms with van der Waals surface area (Å²) in [5.41, 5.74) is 10.7. The van der Waals surface area contributed by atoms with Crippen LogP contribution < -0.4 is 15.9 Å². The molecule has 1 aliphatic rings. The van der Waals surface area contributed by atoms with Crippen LogP contribution in [0.5, 0.6) is 11.5 Å². The molecule has 4 heteroatoms. The molecule has 0 radical (unpaired) electrons. The summed E-state index contributed by atoms with van der Waals surface area (Å²) in [6.07, 6.45) is 0. The minimum atomic E-state index is 0.0405. The molecule has 1 heterocycles. The summed E-state index contributed by atoms with van der Waals surface area (Å²) in [5, 5.41) is 0. The third-order valence-corrected chi connectivity index (χ3v) is 4.08. The molecule has 1 unspecified atom stereocenters. The number of benzene rings is 2. The Balaban J connectivity index is 1.87. The Kier molecular flexibility index (Phi) is 3.74. The molecular formula is C17H20BNO2. The molecule has 0 aliphatic carbocycles. The van der Waals surface area contributed by atoms with Crippen molar-refractivity contribution < 1.29 is 9.39 Å². The molecule has 21 heavy (non-hydrogen) atoms. The van der Waals surface area contributed by atoms with Gasteiger partial charge in [-0.15, -0.1) is 0 Å². The molecule has 0 bridgehead atoms. The Labute approximate surface area is 126 Å². The summed E-state index contributed by atoms with van der Waals surface area (Å²) in [6, 6.07) is 12.1. The van der Waals surface area contributed by atoms with Gasteiger partial charge in [0, 0.05) is 6.04 Å². The van der Waals surface area contributed by atoms with Crippen molar-refractivity contribution in [2.75, 3.05) is 0 Å². The number of nitrogens with two attached hydrogens (primary N) is 1. The Morgan fingerprint density at radius 2 is 1.90 bits per heavy atom. The first kappa shape index (κ1) is 14.2. The molecule has 0 saturated carbocycles. The lowest BCUT2D eigenvalue weighted by atomic mass is 9.62. The SMILES string of the molecule is CB1OCc2ccc(Oc3ccc(C(C)N)cc3)c(C)c21. The molecular weight excluding hydrogens is 261 g/mol. The standard InChI is InChI=1S/C17H20BNO2/c1-11-16(9-6-14-10-20-18(3)17(11)14)21-15-7-4-13(5-8-15)12(2)19/h4-9,12H,10,19H2,1-3H3. The van der Waals surface area contributed by atoms with E-state index >= 15 is 0 Å². The van der Waals surface area contributed by atoms with E-state index in [1.54, 1.807) is 0 Å². The van der Waals surface area contributed by atoms with E-state index < -0.39 is 0 Å². The third kappa shape index (κ3) is 2.69. The smallest absolute Gasteiger partial charge is 0.324 e. The molecule has 1 aliphatic heterocycles. The lowest BCUT2D eigenvalue weighted by Gasteiger charge is -2.13. The summed E-state index contributed by atoms with van der Waals surface area (Å²) in [4.78, 5) is 0. The quantitative estimate of drug-likeness (QED) is 0.879. The zero-order valence-corrected chi connectivity index (χ0v) is 12.7. The zero-order chi connectivity index (χ0) is 15.0. The molecule has 0 saturated heterocycles. The molecule has 1 atom stereocenters. The monoisotopic (exact) mass is 281 g/mol. The maximum absolute atomic E-state index is 6.02. The van der Waals surface area contributed by atoms with E-state index in [0.29, 0.717) is 6.61 Å². The van der Waals surface area contributed by atoms with Crippen molar-refractivity contribution in [3.8, 4) is 11.5 Å². The highest BCUT2D eigenvalue weighted by Gasteiger charge is 2.26. The molecule has 0 amide bonds. The highest BCUT2D eigenvalue weighted by molar-refractivity contribution is 6.68. The van der Waals surface area contributed by atoms with Crippen molar-refractivity contribution in [1.82, 2.24) is 0 Å². The van der Waals surface area contributed by atoms with Crippen molar-refractivity contribution in [2.45, 2.75) is 33.3 Å². The van der Waals surface area contributed by atoms with Gasteiger partial charge in [0.1, 0.15) is 11.5 Å². The zero-order valence-electron chi connectivity index (χ0n) is 12.7. The van der Waals surface area contributed by atoms with Crippen molar-refractivity contribution in [3.05, 3.63) is 53.1 Å². The Morgan fingerprint density at radius 1 is 1.19 bits per heavy atom. The number of rotatable bonds is 3. The van der Waals surface area contributed by atoms with E-state index in [4.69, 9.17) is 15.1 Å². The van der Waals surface area contributed by atoms with E-state index in [9.17, 15) is 0 Å². The van der Waals surface area contributed by atoms with Crippen molar-refractivity contribution in [1.29, 1.82) is 0 Å². The maximum atomic E-state index is 6.02. The topological polar surface area (TPSA) is 44.5 Å². The number of fused-ring (bicyclic) bond motifs is 1. The molecule has 2 aromatic rings. The molecule has 3 rings (SSSR count). The van der Waals surface area contributed by atoms with E-state index in [1.165, 1.54) is 11.0 Å². The van der Waals surface area contributed by atoms with Crippen LogP contribution in [0.1, 0.15) is 29.7 Å². The molecule has 0 fully saturated rings. The van der Waals surface area contributed by atoms with E-state index in [-0.39, 0.29) is 13.0 Å². The second-order valence-corrected chi connectivity index (χ2v) is 5.67. The minimum Gasteiger partial charge on any atom is -0.457 e. The number of ether oxygens (including phenoxy) is 1. The van der Waals surface area contributed by atoms with Crippen LogP contribution in [0.3, 0.4) is 0 Å². The van der Waals surface area contributed by atoms with Gasteiger partial charge in [0.15, 0.2) is 0 Å². The van der Waals surface area contributed by atoms with E-state index in [0.717, 1.165) is 22.6 Å². The summed E-state index contributed by atoms with van der Waals surface area (Å²) in [5.74, 6) is 1.72.